The van der Waals surface area contributed by atoms with Crippen LogP contribution in [0.1, 0.15) is 5.56 Å². The molecule has 1 aliphatic heterocycles. The number of hydrogen-bond donors (Lipinski definition) is 1. The maximum absolute atomic E-state index is 12.9. The molecular weight excluding hydrogens is 454 g/mol. The zero-order valence-electron chi connectivity index (χ0n) is 18.7. The lowest BCUT2D eigenvalue weighted by molar-refractivity contribution is -0.384. The first-order valence-corrected chi connectivity index (χ1v) is 10.6. The molecular formula is C25H21N3O7. The van der Waals surface area contributed by atoms with Gasteiger partial charge in [-0.2, -0.15) is 0 Å². The number of nitrogens with zero attached hydrogens (tertiary/aromatic N) is 2. The van der Waals surface area contributed by atoms with Crippen molar-refractivity contribution in [3.63, 3.8) is 0 Å². The highest BCUT2D eigenvalue weighted by atomic mass is 16.6. The number of hydrazine groups is 1. The maximum Gasteiger partial charge on any atom is 0.282 e. The van der Waals surface area contributed by atoms with Crippen molar-refractivity contribution in [3.05, 3.63) is 94.0 Å². The fourth-order valence-electron chi connectivity index (χ4n) is 3.35. The van der Waals surface area contributed by atoms with Gasteiger partial charge in [0.1, 0.15) is 36.0 Å². The molecule has 10 heteroatoms. The predicted molar refractivity (Wildman–Crippen MR) is 127 cm³/mol. The van der Waals surface area contributed by atoms with E-state index in [1.54, 1.807) is 61.7 Å². The lowest BCUT2D eigenvalue weighted by Gasteiger charge is -2.14. The van der Waals surface area contributed by atoms with Crippen LogP contribution in [-0.2, 0) is 9.59 Å². The Hall–Kier alpha value is -4.86. The molecule has 0 atom stereocenters. The summed E-state index contributed by atoms with van der Waals surface area (Å²) < 4.78 is 16.5. The second kappa shape index (κ2) is 10.4. The maximum atomic E-state index is 12.9. The number of hydrogen-bond acceptors (Lipinski definition) is 7. The lowest BCUT2D eigenvalue weighted by Crippen LogP contribution is -2.35. The number of non-ortho nitro benzene ring substituents is 1. The van der Waals surface area contributed by atoms with Gasteiger partial charge in [-0.25, -0.2) is 5.01 Å². The van der Waals surface area contributed by atoms with Crippen LogP contribution in [0.5, 0.6) is 17.2 Å². The van der Waals surface area contributed by atoms with Crippen LogP contribution >= 0.6 is 0 Å². The van der Waals surface area contributed by atoms with Gasteiger partial charge in [0, 0.05) is 17.7 Å². The minimum absolute atomic E-state index is 0.121. The third kappa shape index (κ3) is 5.38. The number of carbonyl (C=O) groups is 2. The lowest BCUT2D eigenvalue weighted by atomic mass is 10.1. The topological polar surface area (TPSA) is 120 Å². The largest absolute Gasteiger partial charge is 0.497 e. The summed E-state index contributed by atoms with van der Waals surface area (Å²) in [4.78, 5) is 36.1. The van der Waals surface area contributed by atoms with Gasteiger partial charge in [-0.15, -0.1) is 0 Å². The number of ether oxygens (including phenoxy) is 3. The molecule has 10 nitrogen and oxygen atoms in total. The highest BCUT2D eigenvalue weighted by molar-refractivity contribution is 6.31. The van der Waals surface area contributed by atoms with Gasteiger partial charge in [0.25, 0.3) is 17.5 Å². The minimum atomic E-state index is -0.626. The van der Waals surface area contributed by atoms with E-state index in [-0.39, 0.29) is 35.8 Å². The van der Waals surface area contributed by atoms with Crippen molar-refractivity contribution in [1.29, 1.82) is 0 Å². The molecule has 0 spiro atoms. The second-order valence-electron chi connectivity index (χ2n) is 7.33. The van der Waals surface area contributed by atoms with E-state index in [2.05, 4.69) is 5.43 Å². The van der Waals surface area contributed by atoms with E-state index in [0.717, 1.165) is 5.01 Å². The van der Waals surface area contributed by atoms with Crippen LogP contribution in [0.3, 0.4) is 0 Å². The predicted octanol–water partition coefficient (Wildman–Crippen LogP) is 3.52. The molecule has 1 aliphatic rings. The number of amides is 2. The first kappa shape index (κ1) is 23.3. The Kier molecular flexibility index (Phi) is 6.91. The molecule has 0 aliphatic carbocycles. The van der Waals surface area contributed by atoms with Crippen molar-refractivity contribution >= 4 is 29.3 Å². The molecule has 0 radical (unpaired) electrons. The average Bonchev–Trinajstić information content (AvgIpc) is 3.16. The van der Waals surface area contributed by atoms with Crippen molar-refractivity contribution in [2.45, 2.75) is 0 Å². The number of nitro groups is 1. The van der Waals surface area contributed by atoms with Gasteiger partial charge < -0.3 is 14.2 Å². The fourth-order valence-corrected chi connectivity index (χ4v) is 3.35. The molecule has 1 N–H and O–H groups in total. The zero-order chi connectivity index (χ0) is 24.8. The molecule has 1 saturated heterocycles. The average molecular weight is 475 g/mol. The molecule has 1 heterocycles. The van der Waals surface area contributed by atoms with Crippen molar-refractivity contribution in [1.82, 2.24) is 5.43 Å². The van der Waals surface area contributed by atoms with Gasteiger partial charge in [-0.05, 0) is 48.5 Å². The molecule has 3 aromatic rings. The number of nitrogens with one attached hydrogen (secondary N) is 1. The van der Waals surface area contributed by atoms with E-state index < -0.39 is 16.7 Å². The van der Waals surface area contributed by atoms with Crippen LogP contribution in [-0.4, -0.2) is 37.1 Å². The normalized spacial score (nSPS) is 14.1. The Morgan fingerprint density at radius 2 is 1.63 bits per heavy atom. The molecule has 4 rings (SSSR count). The number of benzene rings is 3. The van der Waals surface area contributed by atoms with Crippen molar-refractivity contribution in [3.8, 4) is 17.2 Å². The molecule has 178 valence electrons. The highest BCUT2D eigenvalue weighted by Gasteiger charge is 2.34. The van der Waals surface area contributed by atoms with E-state index in [4.69, 9.17) is 14.2 Å². The highest BCUT2D eigenvalue weighted by Crippen LogP contribution is 2.29. The molecule has 0 saturated carbocycles. The van der Waals surface area contributed by atoms with E-state index in [0.29, 0.717) is 17.2 Å². The van der Waals surface area contributed by atoms with Gasteiger partial charge in [0.15, 0.2) is 0 Å². The summed E-state index contributed by atoms with van der Waals surface area (Å²) in [5.41, 5.74) is 2.83. The van der Waals surface area contributed by atoms with E-state index in [9.17, 15) is 19.7 Å². The molecule has 3 aromatic carbocycles. The van der Waals surface area contributed by atoms with Gasteiger partial charge in [-0.3, -0.25) is 25.1 Å². The van der Waals surface area contributed by atoms with Crippen molar-refractivity contribution in [2.75, 3.05) is 25.3 Å². The quantitative estimate of drug-likeness (QED) is 0.165. The van der Waals surface area contributed by atoms with Crippen LogP contribution < -0.4 is 24.6 Å². The third-order valence-corrected chi connectivity index (χ3v) is 5.08. The Labute approximate surface area is 200 Å². The smallest absolute Gasteiger partial charge is 0.282 e. The molecule has 1 fully saturated rings. The van der Waals surface area contributed by atoms with Crippen LogP contribution in [0, 0.1) is 10.1 Å². The van der Waals surface area contributed by atoms with Gasteiger partial charge in [0.2, 0.25) is 0 Å². The summed E-state index contributed by atoms with van der Waals surface area (Å²) in [7, 11) is 1.57. The zero-order valence-corrected chi connectivity index (χ0v) is 18.7. The Balaban J connectivity index is 1.51. The third-order valence-electron chi connectivity index (χ3n) is 5.08. The second-order valence-corrected chi connectivity index (χ2v) is 7.33. The Morgan fingerprint density at radius 3 is 2.31 bits per heavy atom. The summed E-state index contributed by atoms with van der Waals surface area (Å²) in [5.74, 6) is 0.379. The Bertz CT molecular complexity index is 1270. The first-order chi connectivity index (χ1) is 17.0. The standard InChI is InChI=1S/C25H21N3O7/c1-33-20-8-10-21(11-9-20)34-13-14-35-23-12-7-19(28(31)32)15-17(23)16-22-24(29)26-27(25(22)30)18-5-3-2-4-6-18/h2-12,15-16H,13-14H2,1H3,(H,26,29)/b22-16+. The Morgan fingerprint density at radius 1 is 0.943 bits per heavy atom. The van der Waals surface area contributed by atoms with Gasteiger partial charge in [0.05, 0.1) is 17.7 Å². The van der Waals surface area contributed by atoms with E-state index in [1.807, 2.05) is 0 Å². The fraction of sp³-hybridized carbons (Fsp3) is 0.120. The SMILES string of the molecule is COc1ccc(OCCOc2ccc([N+](=O)[O-])cc2/C=C2\C(=O)NN(c3ccccc3)C2=O)cc1. The summed E-state index contributed by atoms with van der Waals surface area (Å²) in [6.45, 7) is 0.316. The summed E-state index contributed by atoms with van der Waals surface area (Å²) in [5, 5.41) is 12.4. The van der Waals surface area contributed by atoms with E-state index >= 15 is 0 Å². The van der Waals surface area contributed by atoms with Crippen LogP contribution in [0.25, 0.3) is 6.08 Å². The van der Waals surface area contributed by atoms with Crippen molar-refractivity contribution < 1.29 is 28.7 Å². The van der Waals surface area contributed by atoms with Crippen LogP contribution in [0.2, 0.25) is 0 Å². The minimum Gasteiger partial charge on any atom is -0.497 e. The molecule has 0 unspecified atom stereocenters. The van der Waals surface area contributed by atoms with E-state index in [1.165, 1.54) is 24.3 Å². The van der Waals surface area contributed by atoms with Gasteiger partial charge >= 0.3 is 0 Å². The number of nitro benzene ring substituents is 1. The monoisotopic (exact) mass is 475 g/mol. The number of para-hydroxylation sites is 1. The van der Waals surface area contributed by atoms with Gasteiger partial charge in [-0.1, -0.05) is 18.2 Å². The summed E-state index contributed by atoms with van der Waals surface area (Å²) in [6.07, 6.45) is 1.28. The molecule has 0 aromatic heterocycles. The number of methoxy groups -OCH3 is 1. The number of rotatable bonds is 9. The molecule has 2 amide bonds. The van der Waals surface area contributed by atoms with Crippen LogP contribution in [0.15, 0.2) is 78.4 Å². The summed E-state index contributed by atoms with van der Waals surface area (Å²) in [6, 6.07) is 19.6. The number of anilines is 1. The number of carbonyl (C=O) groups excluding carboxylic acids is 2. The first-order valence-electron chi connectivity index (χ1n) is 10.6. The van der Waals surface area contributed by atoms with Crippen molar-refractivity contribution in [2.24, 2.45) is 0 Å². The molecule has 35 heavy (non-hydrogen) atoms. The molecule has 0 bridgehead atoms. The van der Waals surface area contributed by atoms with Crippen LogP contribution in [0.4, 0.5) is 11.4 Å². The summed E-state index contributed by atoms with van der Waals surface area (Å²) >= 11 is 0.